The first-order valence-corrected chi connectivity index (χ1v) is 9.32. The molecule has 138 valence electrons. The van der Waals surface area contributed by atoms with E-state index < -0.39 is 0 Å². The second-order valence-electron chi connectivity index (χ2n) is 5.99. The van der Waals surface area contributed by atoms with Crippen molar-refractivity contribution in [1.29, 1.82) is 0 Å². The van der Waals surface area contributed by atoms with Crippen molar-refractivity contribution in [3.05, 3.63) is 29.8 Å². The van der Waals surface area contributed by atoms with Crippen molar-refractivity contribution in [2.24, 2.45) is 5.10 Å². The summed E-state index contributed by atoms with van der Waals surface area (Å²) in [5, 5.41) is 8.10. The lowest BCUT2D eigenvalue weighted by Crippen LogP contribution is -3.14. The molecule has 0 unspecified atom stereocenters. The van der Waals surface area contributed by atoms with Crippen LogP contribution in [0.3, 0.4) is 0 Å². The van der Waals surface area contributed by atoms with Gasteiger partial charge in [0.05, 0.1) is 32.1 Å². The summed E-state index contributed by atoms with van der Waals surface area (Å²) in [6.07, 6.45) is 1.08. The zero-order valence-corrected chi connectivity index (χ0v) is 16.0. The molecule has 1 heterocycles. The number of rotatable bonds is 8. The fourth-order valence-corrected chi connectivity index (χ4v) is 2.80. The van der Waals surface area contributed by atoms with Gasteiger partial charge in [-0.25, -0.2) is 0 Å². The topological polar surface area (TPSA) is 59.3 Å². The molecule has 1 aliphatic heterocycles. The Morgan fingerprint density at radius 1 is 1.28 bits per heavy atom. The summed E-state index contributed by atoms with van der Waals surface area (Å²) >= 11 is 5.27. The third-order valence-corrected chi connectivity index (χ3v) is 4.34. The highest BCUT2D eigenvalue weighted by Crippen LogP contribution is 2.12. The van der Waals surface area contributed by atoms with Gasteiger partial charge < -0.3 is 19.7 Å². The standard InChI is InChI=1S/C18H28N4O2S/c1-3-24-17-7-5-16(6-8-17)15(2)20-21-18(25)19-9-4-10-22-11-13-23-14-12-22/h5-8H,3-4,9-14H2,1-2H3,(H2,19,21,25)/p+1/b20-15-. The lowest BCUT2D eigenvalue weighted by Gasteiger charge is -2.23. The van der Waals surface area contributed by atoms with Crippen LogP contribution in [0.25, 0.3) is 0 Å². The maximum atomic E-state index is 5.44. The summed E-state index contributed by atoms with van der Waals surface area (Å²) in [6.45, 7) is 10.6. The molecule has 2 rings (SSSR count). The lowest BCUT2D eigenvalue weighted by atomic mass is 10.1. The number of benzene rings is 1. The maximum absolute atomic E-state index is 5.44. The maximum Gasteiger partial charge on any atom is 0.186 e. The molecule has 0 atom stereocenters. The van der Waals surface area contributed by atoms with Crippen molar-refractivity contribution in [3.8, 4) is 5.75 Å². The predicted octanol–water partition coefficient (Wildman–Crippen LogP) is 0.579. The SMILES string of the molecule is CCOc1ccc(/C(C)=N\NC(=S)NCCC[NH+]2CCOCC2)cc1. The van der Waals surface area contributed by atoms with Crippen LogP contribution in [0.2, 0.25) is 0 Å². The van der Waals surface area contributed by atoms with Gasteiger partial charge in [0.2, 0.25) is 0 Å². The number of hydrogen-bond acceptors (Lipinski definition) is 4. The monoisotopic (exact) mass is 365 g/mol. The van der Waals surface area contributed by atoms with Crippen LogP contribution >= 0.6 is 12.2 Å². The number of ether oxygens (including phenoxy) is 2. The summed E-state index contributed by atoms with van der Waals surface area (Å²) in [6, 6.07) is 7.88. The highest BCUT2D eigenvalue weighted by molar-refractivity contribution is 7.80. The van der Waals surface area contributed by atoms with E-state index in [0.717, 1.165) is 62.8 Å². The minimum absolute atomic E-state index is 0.558. The second kappa shape index (κ2) is 11.0. The Hall–Kier alpha value is -1.70. The third-order valence-electron chi connectivity index (χ3n) is 4.10. The Balaban J connectivity index is 1.66. The van der Waals surface area contributed by atoms with Crippen molar-refractivity contribution in [2.75, 3.05) is 46.0 Å². The molecule has 25 heavy (non-hydrogen) atoms. The van der Waals surface area contributed by atoms with E-state index in [1.165, 1.54) is 0 Å². The van der Waals surface area contributed by atoms with Gasteiger partial charge in [0.1, 0.15) is 18.8 Å². The molecule has 7 heteroatoms. The van der Waals surface area contributed by atoms with Gasteiger partial charge in [-0.1, -0.05) is 0 Å². The highest BCUT2D eigenvalue weighted by Gasteiger charge is 2.12. The van der Waals surface area contributed by atoms with E-state index in [1.807, 2.05) is 38.1 Å². The highest BCUT2D eigenvalue weighted by atomic mass is 32.1. The lowest BCUT2D eigenvalue weighted by molar-refractivity contribution is -0.908. The molecule has 6 nitrogen and oxygen atoms in total. The van der Waals surface area contributed by atoms with Crippen LogP contribution in [0, 0.1) is 0 Å². The van der Waals surface area contributed by atoms with Crippen molar-refractivity contribution in [2.45, 2.75) is 20.3 Å². The third kappa shape index (κ3) is 7.37. The molecule has 1 aliphatic rings. The van der Waals surface area contributed by atoms with Gasteiger partial charge in [-0.15, -0.1) is 0 Å². The number of nitrogens with zero attached hydrogens (tertiary/aromatic N) is 1. The van der Waals surface area contributed by atoms with Gasteiger partial charge in [0.25, 0.3) is 0 Å². The van der Waals surface area contributed by atoms with E-state index in [-0.39, 0.29) is 0 Å². The summed E-state index contributed by atoms with van der Waals surface area (Å²) in [7, 11) is 0. The quantitative estimate of drug-likeness (QED) is 0.272. The fourth-order valence-electron chi connectivity index (χ4n) is 2.65. The molecule has 1 aromatic rings. The molecule has 0 saturated carbocycles. The molecule has 1 fully saturated rings. The molecule has 1 saturated heterocycles. The summed E-state index contributed by atoms with van der Waals surface area (Å²) in [5.41, 5.74) is 4.83. The Kier molecular flexibility index (Phi) is 8.65. The summed E-state index contributed by atoms with van der Waals surface area (Å²) < 4.78 is 10.8. The van der Waals surface area contributed by atoms with Gasteiger partial charge in [-0.3, -0.25) is 5.43 Å². The molecular weight excluding hydrogens is 336 g/mol. The molecule has 1 aromatic carbocycles. The first-order chi connectivity index (χ1) is 12.2. The Bertz CT molecular complexity index is 557. The predicted molar refractivity (Wildman–Crippen MR) is 105 cm³/mol. The van der Waals surface area contributed by atoms with Crippen molar-refractivity contribution in [3.63, 3.8) is 0 Å². The number of quaternary nitrogens is 1. The van der Waals surface area contributed by atoms with Crippen molar-refractivity contribution >= 4 is 23.0 Å². The Labute approximate surface area is 155 Å². The zero-order valence-electron chi connectivity index (χ0n) is 15.1. The molecular formula is C18H29N4O2S+. The van der Waals surface area contributed by atoms with Crippen LogP contribution in [0.15, 0.2) is 29.4 Å². The first kappa shape index (κ1) is 19.6. The van der Waals surface area contributed by atoms with Crippen LogP contribution in [0.1, 0.15) is 25.8 Å². The van der Waals surface area contributed by atoms with E-state index >= 15 is 0 Å². The van der Waals surface area contributed by atoms with E-state index in [0.29, 0.717) is 11.7 Å². The average Bonchev–Trinajstić information content (AvgIpc) is 2.65. The second-order valence-corrected chi connectivity index (χ2v) is 6.40. The molecule has 0 radical (unpaired) electrons. The van der Waals surface area contributed by atoms with E-state index in [4.69, 9.17) is 21.7 Å². The van der Waals surface area contributed by atoms with Crippen LogP contribution < -0.4 is 20.4 Å². The minimum atomic E-state index is 0.558. The van der Waals surface area contributed by atoms with Gasteiger partial charge in [0, 0.05) is 13.0 Å². The molecule has 0 spiro atoms. The van der Waals surface area contributed by atoms with E-state index in [1.54, 1.807) is 4.90 Å². The van der Waals surface area contributed by atoms with Gasteiger partial charge in [-0.05, 0) is 55.9 Å². The smallest absolute Gasteiger partial charge is 0.186 e. The van der Waals surface area contributed by atoms with E-state index in [2.05, 4.69) is 15.8 Å². The Morgan fingerprint density at radius 2 is 2.00 bits per heavy atom. The van der Waals surface area contributed by atoms with Gasteiger partial charge in [-0.2, -0.15) is 5.10 Å². The number of thiocarbonyl (C=S) groups is 1. The first-order valence-electron chi connectivity index (χ1n) is 8.91. The number of nitrogens with one attached hydrogen (secondary N) is 3. The molecule has 3 N–H and O–H groups in total. The number of hydrogen-bond donors (Lipinski definition) is 3. The van der Waals surface area contributed by atoms with Crippen LogP contribution in [0.4, 0.5) is 0 Å². The van der Waals surface area contributed by atoms with Crippen LogP contribution in [0.5, 0.6) is 5.75 Å². The van der Waals surface area contributed by atoms with E-state index in [9.17, 15) is 0 Å². The van der Waals surface area contributed by atoms with Crippen molar-refractivity contribution in [1.82, 2.24) is 10.7 Å². The van der Waals surface area contributed by atoms with Crippen LogP contribution in [-0.4, -0.2) is 56.8 Å². The van der Waals surface area contributed by atoms with Crippen molar-refractivity contribution < 1.29 is 14.4 Å². The summed E-state index contributed by atoms with van der Waals surface area (Å²) in [5.74, 6) is 0.867. The van der Waals surface area contributed by atoms with Gasteiger partial charge >= 0.3 is 0 Å². The number of hydrazone groups is 1. The number of morpholine rings is 1. The summed E-state index contributed by atoms with van der Waals surface area (Å²) in [4.78, 5) is 1.61. The minimum Gasteiger partial charge on any atom is -0.494 e. The molecule has 0 aliphatic carbocycles. The molecule has 0 bridgehead atoms. The normalized spacial score (nSPS) is 15.7. The largest absolute Gasteiger partial charge is 0.494 e. The molecule has 0 aromatic heterocycles. The Morgan fingerprint density at radius 3 is 2.68 bits per heavy atom. The zero-order chi connectivity index (χ0) is 17.9. The average molecular weight is 366 g/mol. The van der Waals surface area contributed by atoms with Gasteiger partial charge in [0.15, 0.2) is 5.11 Å². The van der Waals surface area contributed by atoms with Crippen LogP contribution in [-0.2, 0) is 4.74 Å². The fraction of sp³-hybridized carbons (Fsp3) is 0.556. The molecule has 0 amide bonds.